The van der Waals surface area contributed by atoms with E-state index in [1.54, 1.807) is 0 Å². The fraction of sp³-hybridized carbons (Fsp3) is 0.417. The van der Waals surface area contributed by atoms with Crippen molar-refractivity contribution in [3.63, 3.8) is 0 Å². The monoisotopic (exact) mass is 207 g/mol. The van der Waals surface area contributed by atoms with E-state index < -0.39 is 5.97 Å². The molecule has 0 saturated heterocycles. The van der Waals surface area contributed by atoms with Crippen LogP contribution in [-0.4, -0.2) is 17.6 Å². The number of aliphatic carboxylic acids is 1. The van der Waals surface area contributed by atoms with Crippen LogP contribution in [0, 0.1) is 0 Å². The van der Waals surface area contributed by atoms with Gasteiger partial charge in [0.15, 0.2) is 0 Å². The summed E-state index contributed by atoms with van der Waals surface area (Å²) in [6.45, 7) is 2.13. The standard InChI is InChI=1S/C12H17NO2/c1-2-3-5-10-6-4-7-11(8-10)13-9-12(14)15/h4,6-8,13H,2-3,5,9H2,1H3,(H,14,15). The number of hydrogen-bond acceptors (Lipinski definition) is 2. The highest BCUT2D eigenvalue weighted by Gasteiger charge is 1.98. The lowest BCUT2D eigenvalue weighted by atomic mass is 10.1. The molecule has 0 bridgehead atoms. The molecule has 0 aliphatic rings. The fourth-order valence-corrected chi connectivity index (χ4v) is 1.40. The van der Waals surface area contributed by atoms with Crippen LogP contribution in [0.3, 0.4) is 0 Å². The molecule has 0 atom stereocenters. The zero-order chi connectivity index (χ0) is 11.1. The highest BCUT2D eigenvalue weighted by atomic mass is 16.4. The number of benzene rings is 1. The van der Waals surface area contributed by atoms with Crippen molar-refractivity contribution in [3.05, 3.63) is 29.8 Å². The number of carboxylic acids is 1. The maximum absolute atomic E-state index is 10.4. The Labute approximate surface area is 90.1 Å². The first kappa shape index (κ1) is 11.6. The second-order valence-corrected chi connectivity index (χ2v) is 3.55. The van der Waals surface area contributed by atoms with E-state index in [1.807, 2.05) is 18.2 Å². The maximum Gasteiger partial charge on any atom is 0.322 e. The molecule has 0 unspecified atom stereocenters. The van der Waals surface area contributed by atoms with E-state index in [-0.39, 0.29) is 6.54 Å². The Kier molecular flexibility index (Phi) is 4.68. The Balaban J connectivity index is 2.53. The van der Waals surface area contributed by atoms with Gasteiger partial charge in [-0.2, -0.15) is 0 Å². The van der Waals surface area contributed by atoms with Gasteiger partial charge in [-0.05, 0) is 30.5 Å². The summed E-state index contributed by atoms with van der Waals surface area (Å²) < 4.78 is 0. The molecule has 3 nitrogen and oxygen atoms in total. The van der Waals surface area contributed by atoms with Gasteiger partial charge in [-0.1, -0.05) is 25.5 Å². The van der Waals surface area contributed by atoms with E-state index >= 15 is 0 Å². The number of unbranched alkanes of at least 4 members (excludes halogenated alkanes) is 1. The quantitative estimate of drug-likeness (QED) is 0.753. The second-order valence-electron chi connectivity index (χ2n) is 3.55. The average molecular weight is 207 g/mol. The summed E-state index contributed by atoms with van der Waals surface area (Å²) in [5.41, 5.74) is 2.14. The normalized spacial score (nSPS) is 9.93. The van der Waals surface area contributed by atoms with Crippen molar-refractivity contribution in [2.75, 3.05) is 11.9 Å². The summed E-state index contributed by atoms with van der Waals surface area (Å²) >= 11 is 0. The second kappa shape index (κ2) is 6.06. The Morgan fingerprint density at radius 2 is 2.27 bits per heavy atom. The van der Waals surface area contributed by atoms with Crippen LogP contribution in [0.1, 0.15) is 25.3 Å². The van der Waals surface area contributed by atoms with E-state index in [0.717, 1.165) is 12.1 Å². The molecule has 0 aliphatic heterocycles. The minimum atomic E-state index is -0.839. The minimum absolute atomic E-state index is 0.0305. The summed E-state index contributed by atoms with van der Waals surface area (Å²) in [6.07, 6.45) is 3.40. The fourth-order valence-electron chi connectivity index (χ4n) is 1.40. The zero-order valence-corrected chi connectivity index (χ0v) is 8.99. The molecule has 0 radical (unpaired) electrons. The third-order valence-electron chi connectivity index (χ3n) is 2.19. The van der Waals surface area contributed by atoms with Gasteiger partial charge in [0.2, 0.25) is 0 Å². The number of rotatable bonds is 6. The molecule has 0 heterocycles. The Morgan fingerprint density at radius 3 is 2.93 bits per heavy atom. The van der Waals surface area contributed by atoms with Crippen LogP contribution in [0.2, 0.25) is 0 Å². The van der Waals surface area contributed by atoms with Crippen LogP contribution in [0.5, 0.6) is 0 Å². The molecule has 15 heavy (non-hydrogen) atoms. The molecule has 0 saturated carbocycles. The smallest absolute Gasteiger partial charge is 0.322 e. The first-order chi connectivity index (χ1) is 7.22. The Bertz CT molecular complexity index is 323. The van der Waals surface area contributed by atoms with Crippen LogP contribution < -0.4 is 5.32 Å². The minimum Gasteiger partial charge on any atom is -0.480 e. The zero-order valence-electron chi connectivity index (χ0n) is 8.99. The lowest BCUT2D eigenvalue weighted by molar-refractivity contribution is -0.134. The van der Waals surface area contributed by atoms with Crippen LogP contribution in [0.4, 0.5) is 5.69 Å². The van der Waals surface area contributed by atoms with Gasteiger partial charge in [0.25, 0.3) is 0 Å². The molecular weight excluding hydrogens is 190 g/mol. The van der Waals surface area contributed by atoms with Crippen LogP contribution in [-0.2, 0) is 11.2 Å². The van der Waals surface area contributed by atoms with Crippen molar-refractivity contribution in [2.24, 2.45) is 0 Å². The highest BCUT2D eigenvalue weighted by molar-refractivity contribution is 5.72. The number of carboxylic acid groups (broad SMARTS) is 1. The highest BCUT2D eigenvalue weighted by Crippen LogP contribution is 2.12. The van der Waals surface area contributed by atoms with Gasteiger partial charge >= 0.3 is 5.97 Å². The number of anilines is 1. The molecule has 0 aromatic heterocycles. The number of carbonyl (C=O) groups is 1. The summed E-state index contributed by atoms with van der Waals surface area (Å²) in [4.78, 5) is 10.4. The summed E-state index contributed by atoms with van der Waals surface area (Å²) in [7, 11) is 0. The first-order valence-electron chi connectivity index (χ1n) is 5.27. The SMILES string of the molecule is CCCCc1cccc(NCC(=O)O)c1. The summed E-state index contributed by atoms with van der Waals surface area (Å²) in [5, 5.41) is 11.4. The van der Waals surface area contributed by atoms with Crippen molar-refractivity contribution < 1.29 is 9.90 Å². The van der Waals surface area contributed by atoms with Gasteiger partial charge in [-0.3, -0.25) is 4.79 Å². The third-order valence-corrected chi connectivity index (χ3v) is 2.19. The lowest BCUT2D eigenvalue weighted by Crippen LogP contribution is -2.12. The molecule has 2 N–H and O–H groups in total. The Hall–Kier alpha value is -1.51. The molecule has 1 aromatic carbocycles. The van der Waals surface area contributed by atoms with Crippen LogP contribution in [0.15, 0.2) is 24.3 Å². The molecule has 1 rings (SSSR count). The van der Waals surface area contributed by atoms with Gasteiger partial charge in [-0.15, -0.1) is 0 Å². The van der Waals surface area contributed by atoms with E-state index in [1.165, 1.54) is 18.4 Å². The lowest BCUT2D eigenvalue weighted by Gasteiger charge is -2.05. The van der Waals surface area contributed by atoms with E-state index in [2.05, 4.69) is 18.3 Å². The number of aryl methyl sites for hydroxylation is 1. The number of hydrogen-bond donors (Lipinski definition) is 2. The third kappa shape index (κ3) is 4.49. The average Bonchev–Trinajstić information content (AvgIpc) is 2.24. The molecule has 3 heteroatoms. The molecule has 0 spiro atoms. The predicted molar refractivity (Wildman–Crippen MR) is 61.2 cm³/mol. The van der Waals surface area contributed by atoms with E-state index in [9.17, 15) is 4.79 Å². The van der Waals surface area contributed by atoms with Gasteiger partial charge < -0.3 is 10.4 Å². The van der Waals surface area contributed by atoms with Crippen molar-refractivity contribution in [3.8, 4) is 0 Å². The molecule has 1 aromatic rings. The van der Waals surface area contributed by atoms with Crippen molar-refractivity contribution in [1.29, 1.82) is 0 Å². The molecule has 82 valence electrons. The topological polar surface area (TPSA) is 49.3 Å². The van der Waals surface area contributed by atoms with Crippen LogP contribution >= 0.6 is 0 Å². The Morgan fingerprint density at radius 1 is 1.47 bits per heavy atom. The molecule has 0 aliphatic carbocycles. The maximum atomic E-state index is 10.4. The van der Waals surface area contributed by atoms with Crippen molar-refractivity contribution in [2.45, 2.75) is 26.2 Å². The summed E-state index contributed by atoms with van der Waals surface area (Å²) in [6, 6.07) is 7.92. The molecular formula is C12H17NO2. The summed E-state index contributed by atoms with van der Waals surface area (Å²) in [5.74, 6) is -0.839. The van der Waals surface area contributed by atoms with Crippen molar-refractivity contribution in [1.82, 2.24) is 0 Å². The molecule has 0 amide bonds. The van der Waals surface area contributed by atoms with Gasteiger partial charge in [0, 0.05) is 5.69 Å². The largest absolute Gasteiger partial charge is 0.480 e. The van der Waals surface area contributed by atoms with Crippen LogP contribution in [0.25, 0.3) is 0 Å². The van der Waals surface area contributed by atoms with E-state index in [0.29, 0.717) is 0 Å². The van der Waals surface area contributed by atoms with Crippen molar-refractivity contribution >= 4 is 11.7 Å². The number of nitrogens with one attached hydrogen (secondary N) is 1. The van der Waals surface area contributed by atoms with Gasteiger partial charge in [0.05, 0.1) is 0 Å². The van der Waals surface area contributed by atoms with E-state index in [4.69, 9.17) is 5.11 Å². The van der Waals surface area contributed by atoms with Gasteiger partial charge in [-0.25, -0.2) is 0 Å². The molecule has 0 fully saturated rings. The first-order valence-corrected chi connectivity index (χ1v) is 5.27. The predicted octanol–water partition coefficient (Wildman–Crippen LogP) is 2.53. The van der Waals surface area contributed by atoms with Gasteiger partial charge in [0.1, 0.15) is 6.54 Å².